The number of ether oxygens (including phenoxy) is 2. The highest BCUT2D eigenvalue weighted by molar-refractivity contribution is 5.29. The molecule has 0 aliphatic carbocycles. The number of rotatable bonds is 6. The van der Waals surface area contributed by atoms with Crippen molar-refractivity contribution in [3.63, 3.8) is 0 Å². The van der Waals surface area contributed by atoms with Crippen molar-refractivity contribution in [1.29, 1.82) is 5.26 Å². The molecule has 4 nitrogen and oxygen atoms in total. The first-order valence-electron chi connectivity index (χ1n) is 6.26. The van der Waals surface area contributed by atoms with E-state index in [0.29, 0.717) is 6.61 Å². The predicted octanol–water partition coefficient (Wildman–Crippen LogP) is 2.62. The van der Waals surface area contributed by atoms with Crippen LogP contribution in [0.1, 0.15) is 11.1 Å². The largest absolute Gasteiger partial charge is 0.489 e. The molecular formula is C16H15NO3. The molecule has 0 spiro atoms. The molecular weight excluding hydrogens is 254 g/mol. The fourth-order valence-corrected chi connectivity index (χ4v) is 1.81. The van der Waals surface area contributed by atoms with E-state index in [-0.39, 0.29) is 6.42 Å². The Morgan fingerprint density at radius 1 is 1.05 bits per heavy atom. The lowest BCUT2D eigenvalue weighted by molar-refractivity contribution is -0.0403. The summed E-state index contributed by atoms with van der Waals surface area (Å²) >= 11 is 0. The van der Waals surface area contributed by atoms with Crippen LogP contribution in [0.3, 0.4) is 0 Å². The van der Waals surface area contributed by atoms with Crippen LogP contribution in [0.5, 0.6) is 5.75 Å². The molecule has 0 amide bonds. The summed E-state index contributed by atoms with van der Waals surface area (Å²) in [6.07, 6.45) is 0.593. The summed E-state index contributed by atoms with van der Waals surface area (Å²) in [5, 5.41) is 17.7. The number of benzene rings is 2. The highest BCUT2D eigenvalue weighted by Gasteiger charge is 2.06. The third kappa shape index (κ3) is 4.30. The van der Waals surface area contributed by atoms with Crippen LogP contribution in [0.2, 0.25) is 0 Å². The van der Waals surface area contributed by atoms with Crippen molar-refractivity contribution in [2.24, 2.45) is 0 Å². The second-order valence-electron chi connectivity index (χ2n) is 4.29. The zero-order chi connectivity index (χ0) is 14.2. The minimum absolute atomic E-state index is 0.246. The van der Waals surface area contributed by atoms with Crippen LogP contribution in [0.4, 0.5) is 0 Å². The van der Waals surface area contributed by atoms with E-state index >= 15 is 0 Å². The highest BCUT2D eigenvalue weighted by Crippen LogP contribution is 2.16. The average Bonchev–Trinajstić information content (AvgIpc) is 2.47. The fourth-order valence-electron chi connectivity index (χ4n) is 1.81. The SMILES string of the molecule is N#COC(O)Cc1cccc(OCc2ccccc2)c1. The number of nitrogens with zero attached hydrogens (tertiary/aromatic N) is 1. The molecule has 2 rings (SSSR count). The molecule has 0 aliphatic rings. The van der Waals surface area contributed by atoms with E-state index in [9.17, 15) is 5.11 Å². The van der Waals surface area contributed by atoms with E-state index in [1.807, 2.05) is 54.6 Å². The maximum absolute atomic E-state index is 9.42. The quantitative estimate of drug-likeness (QED) is 0.647. The summed E-state index contributed by atoms with van der Waals surface area (Å²) in [6.45, 7) is 0.488. The second kappa shape index (κ2) is 7.17. The van der Waals surface area contributed by atoms with Gasteiger partial charge in [-0.15, -0.1) is 0 Å². The van der Waals surface area contributed by atoms with Gasteiger partial charge in [0.1, 0.15) is 12.4 Å². The van der Waals surface area contributed by atoms with E-state index in [4.69, 9.17) is 10.00 Å². The van der Waals surface area contributed by atoms with Crippen LogP contribution in [-0.2, 0) is 17.8 Å². The zero-order valence-corrected chi connectivity index (χ0v) is 10.9. The Labute approximate surface area is 117 Å². The van der Waals surface area contributed by atoms with Crippen molar-refractivity contribution < 1.29 is 14.6 Å². The molecule has 4 heteroatoms. The first kappa shape index (κ1) is 13.9. The molecule has 0 saturated carbocycles. The number of hydrogen-bond donors (Lipinski definition) is 1. The van der Waals surface area contributed by atoms with Gasteiger partial charge < -0.3 is 14.6 Å². The first-order valence-corrected chi connectivity index (χ1v) is 6.26. The van der Waals surface area contributed by atoms with E-state index in [0.717, 1.165) is 16.9 Å². The molecule has 1 N–H and O–H groups in total. The van der Waals surface area contributed by atoms with E-state index in [2.05, 4.69) is 4.74 Å². The van der Waals surface area contributed by atoms with Crippen molar-refractivity contribution in [1.82, 2.24) is 0 Å². The van der Waals surface area contributed by atoms with Gasteiger partial charge in [-0.05, 0) is 23.3 Å². The van der Waals surface area contributed by atoms with Crippen molar-refractivity contribution in [2.75, 3.05) is 0 Å². The molecule has 0 fully saturated rings. The predicted molar refractivity (Wildman–Crippen MR) is 73.6 cm³/mol. The lowest BCUT2D eigenvalue weighted by atomic mass is 10.1. The maximum atomic E-state index is 9.42. The van der Waals surface area contributed by atoms with Gasteiger partial charge in [0.25, 0.3) is 6.26 Å². The fraction of sp³-hybridized carbons (Fsp3) is 0.188. The lowest BCUT2D eigenvalue weighted by Gasteiger charge is -2.10. The van der Waals surface area contributed by atoms with Crippen molar-refractivity contribution in [3.05, 3.63) is 65.7 Å². The third-order valence-corrected chi connectivity index (χ3v) is 2.75. The zero-order valence-electron chi connectivity index (χ0n) is 10.9. The molecule has 2 aromatic carbocycles. The molecule has 0 aliphatic heterocycles. The minimum Gasteiger partial charge on any atom is -0.489 e. The van der Waals surface area contributed by atoms with Crippen LogP contribution in [-0.4, -0.2) is 11.4 Å². The van der Waals surface area contributed by atoms with Gasteiger partial charge in [0.05, 0.1) is 0 Å². The number of aliphatic hydroxyl groups excluding tert-OH is 1. The molecule has 1 unspecified atom stereocenters. The van der Waals surface area contributed by atoms with E-state index in [1.165, 1.54) is 6.26 Å². The summed E-state index contributed by atoms with van der Waals surface area (Å²) in [5.41, 5.74) is 1.93. The number of hydrogen-bond acceptors (Lipinski definition) is 4. The summed E-state index contributed by atoms with van der Waals surface area (Å²) in [7, 11) is 0. The summed E-state index contributed by atoms with van der Waals surface area (Å²) in [5.74, 6) is 0.718. The van der Waals surface area contributed by atoms with Gasteiger partial charge in [0.2, 0.25) is 6.29 Å². The molecule has 0 heterocycles. The van der Waals surface area contributed by atoms with Crippen LogP contribution in [0.15, 0.2) is 54.6 Å². The standard InChI is InChI=1S/C16H15NO3/c17-12-20-16(18)10-14-7-4-8-15(9-14)19-11-13-5-2-1-3-6-13/h1-9,16,18H,10-11H2. The van der Waals surface area contributed by atoms with Crippen molar-refractivity contribution in [3.8, 4) is 12.0 Å². The smallest absolute Gasteiger partial charge is 0.289 e. The van der Waals surface area contributed by atoms with Crippen LogP contribution in [0.25, 0.3) is 0 Å². The van der Waals surface area contributed by atoms with E-state index < -0.39 is 6.29 Å². The second-order valence-corrected chi connectivity index (χ2v) is 4.29. The Kier molecular flexibility index (Phi) is 4.99. The number of nitriles is 1. The molecule has 2 aromatic rings. The topological polar surface area (TPSA) is 62.5 Å². The van der Waals surface area contributed by atoms with Crippen LogP contribution in [0, 0.1) is 11.5 Å². The minimum atomic E-state index is -1.12. The van der Waals surface area contributed by atoms with Gasteiger partial charge in [-0.2, -0.15) is 5.26 Å². The number of aliphatic hydroxyl groups is 1. The van der Waals surface area contributed by atoms with Crippen molar-refractivity contribution >= 4 is 0 Å². The summed E-state index contributed by atoms with van der Waals surface area (Å²) in [6, 6.07) is 17.2. The molecule has 0 radical (unpaired) electrons. The van der Waals surface area contributed by atoms with Gasteiger partial charge >= 0.3 is 0 Å². The first-order chi connectivity index (χ1) is 9.78. The van der Waals surface area contributed by atoms with Crippen LogP contribution < -0.4 is 4.74 Å². The summed E-state index contributed by atoms with van der Waals surface area (Å²) < 4.78 is 10.1. The van der Waals surface area contributed by atoms with Gasteiger partial charge in [0, 0.05) is 6.42 Å². The molecule has 0 aromatic heterocycles. The normalized spacial score (nSPS) is 11.4. The lowest BCUT2D eigenvalue weighted by Crippen LogP contribution is -2.12. The Balaban J connectivity index is 1.94. The Bertz CT molecular complexity index is 578. The van der Waals surface area contributed by atoms with Crippen LogP contribution >= 0.6 is 0 Å². The Morgan fingerprint density at radius 3 is 2.55 bits per heavy atom. The highest BCUT2D eigenvalue weighted by atomic mass is 16.6. The summed E-state index contributed by atoms with van der Waals surface area (Å²) in [4.78, 5) is 0. The molecule has 102 valence electrons. The molecule has 0 saturated heterocycles. The van der Waals surface area contributed by atoms with Gasteiger partial charge in [-0.3, -0.25) is 0 Å². The monoisotopic (exact) mass is 269 g/mol. The van der Waals surface area contributed by atoms with E-state index in [1.54, 1.807) is 0 Å². The third-order valence-electron chi connectivity index (χ3n) is 2.75. The maximum Gasteiger partial charge on any atom is 0.289 e. The van der Waals surface area contributed by atoms with Gasteiger partial charge in [-0.1, -0.05) is 42.5 Å². The molecule has 20 heavy (non-hydrogen) atoms. The Morgan fingerprint density at radius 2 is 1.80 bits per heavy atom. The average molecular weight is 269 g/mol. The van der Waals surface area contributed by atoms with Crippen molar-refractivity contribution in [2.45, 2.75) is 19.3 Å². The van der Waals surface area contributed by atoms with Gasteiger partial charge in [0.15, 0.2) is 0 Å². The molecule has 1 atom stereocenters. The Hall–Kier alpha value is -2.51. The van der Waals surface area contributed by atoms with Gasteiger partial charge in [-0.25, -0.2) is 0 Å². The molecule has 0 bridgehead atoms.